The lowest BCUT2D eigenvalue weighted by Gasteiger charge is -2.69. The summed E-state index contributed by atoms with van der Waals surface area (Å²) in [6.45, 7) is 2.30. The molecule has 8 heavy (non-hydrogen) atoms. The molecule has 1 atom stereocenters. The number of hydrogen-bond acceptors (Lipinski definition) is 1. The lowest BCUT2D eigenvalue weighted by Crippen LogP contribution is -2.74. The van der Waals surface area contributed by atoms with Gasteiger partial charge in [-0.05, 0) is 31.1 Å². The van der Waals surface area contributed by atoms with Crippen LogP contribution in [0, 0.1) is 0 Å². The Balaban J connectivity index is 2.04. The molecule has 0 saturated heterocycles. The minimum absolute atomic E-state index is 0.336. The van der Waals surface area contributed by atoms with Crippen molar-refractivity contribution in [3.8, 4) is 0 Å². The highest BCUT2D eigenvalue weighted by Gasteiger charge is 2.64. The van der Waals surface area contributed by atoms with Gasteiger partial charge in [0.05, 0.1) is 0 Å². The largest absolute Gasteiger partial charge is 0.325 e. The minimum Gasteiger partial charge on any atom is -0.325 e. The van der Waals surface area contributed by atoms with E-state index in [1.807, 2.05) is 0 Å². The molecular weight excluding hydrogens is 117 g/mol. The van der Waals surface area contributed by atoms with Gasteiger partial charge in [0, 0.05) is 5.54 Å². The first-order valence-corrected chi connectivity index (χ1v) is 4.66. The summed E-state index contributed by atoms with van der Waals surface area (Å²) >= 11 is 0. The van der Waals surface area contributed by atoms with Crippen LogP contribution >= 0.6 is 8.58 Å². The van der Waals surface area contributed by atoms with Gasteiger partial charge in [-0.3, -0.25) is 0 Å². The van der Waals surface area contributed by atoms with E-state index in [0.29, 0.717) is 5.54 Å². The van der Waals surface area contributed by atoms with Crippen LogP contribution in [0.5, 0.6) is 0 Å². The summed E-state index contributed by atoms with van der Waals surface area (Å²) < 4.78 is 0. The van der Waals surface area contributed by atoms with E-state index in [9.17, 15) is 0 Å². The Morgan fingerprint density at radius 2 is 1.88 bits per heavy atom. The van der Waals surface area contributed by atoms with Crippen molar-refractivity contribution < 1.29 is 0 Å². The molecule has 0 aromatic carbocycles. The zero-order chi connectivity index (χ0) is 5.83. The maximum atomic E-state index is 5.85. The Kier molecular flexibility index (Phi) is 0.730. The van der Waals surface area contributed by atoms with E-state index >= 15 is 0 Å². The molecule has 46 valence electrons. The van der Waals surface area contributed by atoms with Gasteiger partial charge < -0.3 is 5.73 Å². The van der Waals surface area contributed by atoms with Crippen LogP contribution in [0.2, 0.25) is 0 Å². The normalized spacial score (nSPS) is 60.8. The van der Waals surface area contributed by atoms with Gasteiger partial charge in [0.2, 0.25) is 0 Å². The van der Waals surface area contributed by atoms with Gasteiger partial charge in [0.1, 0.15) is 0 Å². The summed E-state index contributed by atoms with van der Waals surface area (Å²) in [5, 5.41) is 0.773. The molecule has 0 amide bonds. The lowest BCUT2D eigenvalue weighted by atomic mass is 9.49. The average molecular weight is 129 g/mol. The van der Waals surface area contributed by atoms with Gasteiger partial charge in [-0.1, -0.05) is 0 Å². The standard InChI is InChI=1S/C6H12NP/c1-8-6-2-5(7,3-6)4-6/h8H,2-4,7H2,1H3. The van der Waals surface area contributed by atoms with E-state index in [1.54, 1.807) is 0 Å². The Hall–Kier alpha value is 0.390. The smallest absolute Gasteiger partial charge is 0.0180 e. The van der Waals surface area contributed by atoms with Crippen LogP contribution in [-0.4, -0.2) is 17.4 Å². The molecule has 3 saturated carbocycles. The molecule has 0 radical (unpaired) electrons. The van der Waals surface area contributed by atoms with E-state index in [4.69, 9.17) is 5.73 Å². The third kappa shape index (κ3) is 0.406. The van der Waals surface area contributed by atoms with Gasteiger partial charge in [0.25, 0.3) is 0 Å². The van der Waals surface area contributed by atoms with Gasteiger partial charge in [0.15, 0.2) is 0 Å². The molecule has 0 aromatic heterocycles. The molecule has 3 fully saturated rings. The molecular formula is C6H12NP. The van der Waals surface area contributed by atoms with Gasteiger partial charge in [-0.2, -0.15) is 0 Å². The molecule has 2 heteroatoms. The number of nitrogens with two attached hydrogens (primary N) is 1. The highest BCUT2D eigenvalue weighted by molar-refractivity contribution is 7.39. The third-order valence-corrected chi connectivity index (χ3v) is 4.19. The van der Waals surface area contributed by atoms with Gasteiger partial charge >= 0.3 is 0 Å². The van der Waals surface area contributed by atoms with Crippen LogP contribution in [0.25, 0.3) is 0 Å². The third-order valence-electron chi connectivity index (χ3n) is 2.60. The Labute approximate surface area is 51.8 Å². The first kappa shape index (κ1) is 5.20. The second kappa shape index (κ2) is 1.12. The maximum absolute atomic E-state index is 5.85. The monoisotopic (exact) mass is 129 g/mol. The highest BCUT2D eigenvalue weighted by Crippen LogP contribution is 2.67. The Morgan fingerprint density at radius 1 is 1.38 bits per heavy atom. The maximum Gasteiger partial charge on any atom is 0.0180 e. The molecule has 2 N–H and O–H groups in total. The molecule has 0 heterocycles. The van der Waals surface area contributed by atoms with Crippen molar-refractivity contribution in [1.29, 1.82) is 0 Å². The Bertz CT molecular complexity index is 113. The van der Waals surface area contributed by atoms with Crippen molar-refractivity contribution in [2.24, 2.45) is 5.73 Å². The van der Waals surface area contributed by atoms with E-state index in [-0.39, 0.29) is 0 Å². The van der Waals surface area contributed by atoms with Crippen LogP contribution in [0.4, 0.5) is 0 Å². The van der Waals surface area contributed by atoms with Crippen LogP contribution in [0.3, 0.4) is 0 Å². The van der Waals surface area contributed by atoms with Gasteiger partial charge in [-0.25, -0.2) is 0 Å². The molecule has 2 bridgehead atoms. The second-order valence-electron chi connectivity index (χ2n) is 3.42. The topological polar surface area (TPSA) is 26.0 Å². The SMILES string of the molecule is CPC12CC(N)(C1)C2. The summed E-state index contributed by atoms with van der Waals surface area (Å²) in [6, 6.07) is 0. The van der Waals surface area contributed by atoms with Crippen LogP contribution < -0.4 is 5.73 Å². The quantitative estimate of drug-likeness (QED) is 0.523. The average Bonchev–Trinajstić information content (AvgIpc) is 1.55. The predicted octanol–water partition coefficient (Wildman–Crippen LogP) is 0.929. The van der Waals surface area contributed by atoms with Crippen molar-refractivity contribution >= 4 is 8.58 Å². The molecule has 0 spiro atoms. The zero-order valence-electron chi connectivity index (χ0n) is 5.20. The van der Waals surface area contributed by atoms with Crippen LogP contribution in [-0.2, 0) is 0 Å². The number of hydrogen-bond donors (Lipinski definition) is 1. The van der Waals surface area contributed by atoms with E-state index in [0.717, 1.165) is 13.7 Å². The summed E-state index contributed by atoms with van der Waals surface area (Å²) in [5.41, 5.74) is 6.19. The molecule has 0 aliphatic heterocycles. The fourth-order valence-corrected chi connectivity index (χ4v) is 3.72. The summed E-state index contributed by atoms with van der Waals surface area (Å²) in [5.74, 6) is 0. The summed E-state index contributed by atoms with van der Waals surface area (Å²) in [7, 11) is 1.14. The molecule has 3 aliphatic carbocycles. The van der Waals surface area contributed by atoms with E-state index < -0.39 is 0 Å². The summed E-state index contributed by atoms with van der Waals surface area (Å²) in [6.07, 6.45) is 3.98. The lowest BCUT2D eigenvalue weighted by molar-refractivity contribution is 0.0152. The first-order valence-electron chi connectivity index (χ1n) is 3.16. The van der Waals surface area contributed by atoms with Crippen molar-refractivity contribution in [2.75, 3.05) is 6.66 Å². The van der Waals surface area contributed by atoms with Crippen molar-refractivity contribution in [1.82, 2.24) is 0 Å². The molecule has 1 nitrogen and oxygen atoms in total. The number of rotatable bonds is 1. The zero-order valence-corrected chi connectivity index (χ0v) is 6.20. The van der Waals surface area contributed by atoms with Crippen molar-refractivity contribution in [3.05, 3.63) is 0 Å². The summed E-state index contributed by atoms with van der Waals surface area (Å²) in [4.78, 5) is 0. The van der Waals surface area contributed by atoms with Gasteiger partial charge in [-0.15, -0.1) is 8.58 Å². The Morgan fingerprint density at radius 3 is 2.00 bits per heavy atom. The molecule has 0 aromatic rings. The van der Waals surface area contributed by atoms with Crippen LogP contribution in [0.15, 0.2) is 0 Å². The first-order chi connectivity index (χ1) is 3.68. The predicted molar refractivity (Wildman–Crippen MR) is 37.7 cm³/mol. The molecule has 3 aliphatic rings. The highest BCUT2D eigenvalue weighted by atomic mass is 31.1. The fraction of sp³-hybridized carbons (Fsp3) is 1.00. The van der Waals surface area contributed by atoms with Crippen molar-refractivity contribution in [2.45, 2.75) is 30.0 Å². The second-order valence-corrected chi connectivity index (χ2v) is 4.98. The molecule has 3 rings (SSSR count). The minimum atomic E-state index is 0.336. The fourth-order valence-electron chi connectivity index (χ4n) is 2.13. The molecule has 1 unspecified atom stereocenters. The van der Waals surface area contributed by atoms with Crippen molar-refractivity contribution in [3.63, 3.8) is 0 Å². The van der Waals surface area contributed by atoms with Crippen LogP contribution in [0.1, 0.15) is 19.3 Å². The van der Waals surface area contributed by atoms with E-state index in [2.05, 4.69) is 6.66 Å². The van der Waals surface area contributed by atoms with E-state index in [1.165, 1.54) is 19.3 Å².